The molecule has 0 aromatic carbocycles. The van der Waals surface area contributed by atoms with E-state index in [0.29, 0.717) is 0 Å². The van der Waals surface area contributed by atoms with Gasteiger partial charge in [-0.15, -0.1) is 17.9 Å². The molecule has 11 heavy (non-hydrogen) atoms. The van der Waals surface area contributed by atoms with Crippen LogP contribution in [0.3, 0.4) is 0 Å². The Balaban J connectivity index is 2.74. The normalized spacial score (nSPS) is 12.9. The Labute approximate surface area is 79.0 Å². The van der Waals surface area contributed by atoms with E-state index >= 15 is 0 Å². The molecule has 0 amide bonds. The summed E-state index contributed by atoms with van der Waals surface area (Å²) >= 11 is 5.11. The van der Waals surface area contributed by atoms with E-state index in [1.807, 2.05) is 17.5 Å². The van der Waals surface area contributed by atoms with Crippen LogP contribution in [0.25, 0.3) is 0 Å². The molecule has 2 N–H and O–H groups in total. The van der Waals surface area contributed by atoms with Crippen molar-refractivity contribution in [3.8, 4) is 0 Å². The molecule has 0 aliphatic carbocycles. The minimum Gasteiger partial charge on any atom is -0.323 e. The van der Waals surface area contributed by atoms with Crippen molar-refractivity contribution in [1.82, 2.24) is 0 Å². The molecular formula is C8H10BrNS. The van der Waals surface area contributed by atoms with Crippen molar-refractivity contribution in [2.75, 3.05) is 0 Å². The summed E-state index contributed by atoms with van der Waals surface area (Å²) in [6.07, 6.45) is 2.68. The molecule has 0 saturated carbocycles. The molecule has 1 aromatic heterocycles. The van der Waals surface area contributed by atoms with Crippen molar-refractivity contribution in [2.24, 2.45) is 5.73 Å². The lowest BCUT2D eigenvalue weighted by Crippen LogP contribution is -2.07. The molecule has 0 unspecified atom stereocenters. The van der Waals surface area contributed by atoms with E-state index in [9.17, 15) is 0 Å². The largest absolute Gasteiger partial charge is 0.323 e. The Morgan fingerprint density at radius 3 is 3.00 bits per heavy atom. The van der Waals surface area contributed by atoms with Gasteiger partial charge >= 0.3 is 0 Å². The van der Waals surface area contributed by atoms with Crippen LogP contribution in [0.15, 0.2) is 28.6 Å². The molecule has 1 aromatic rings. The highest BCUT2D eigenvalue weighted by atomic mass is 79.9. The van der Waals surface area contributed by atoms with Crippen molar-refractivity contribution < 1.29 is 0 Å². The average molecular weight is 232 g/mol. The van der Waals surface area contributed by atoms with Crippen molar-refractivity contribution in [1.29, 1.82) is 0 Å². The van der Waals surface area contributed by atoms with Gasteiger partial charge in [-0.25, -0.2) is 0 Å². The number of hydrogen-bond acceptors (Lipinski definition) is 2. The van der Waals surface area contributed by atoms with Gasteiger partial charge < -0.3 is 5.73 Å². The maximum Gasteiger partial charge on any atom is 0.0436 e. The van der Waals surface area contributed by atoms with Crippen LogP contribution in [0.1, 0.15) is 17.3 Å². The fraction of sp³-hybridized carbons (Fsp3) is 0.250. The highest BCUT2D eigenvalue weighted by molar-refractivity contribution is 9.10. The van der Waals surface area contributed by atoms with Gasteiger partial charge in [-0.2, -0.15) is 0 Å². The first kappa shape index (κ1) is 8.97. The summed E-state index contributed by atoms with van der Waals surface area (Å²) < 4.78 is 1.11. The lowest BCUT2D eigenvalue weighted by atomic mass is 10.2. The summed E-state index contributed by atoms with van der Waals surface area (Å²) in [7, 11) is 0. The molecule has 0 bridgehead atoms. The summed E-state index contributed by atoms with van der Waals surface area (Å²) in [5.41, 5.74) is 5.86. The van der Waals surface area contributed by atoms with Gasteiger partial charge in [0.05, 0.1) is 0 Å². The van der Waals surface area contributed by atoms with Crippen LogP contribution in [0, 0.1) is 0 Å². The number of thiophene rings is 1. The van der Waals surface area contributed by atoms with Gasteiger partial charge in [0.1, 0.15) is 0 Å². The SMILES string of the molecule is C=CC[C@H](N)c1sccc1Br. The van der Waals surface area contributed by atoms with Crippen LogP contribution in [0.4, 0.5) is 0 Å². The summed E-state index contributed by atoms with van der Waals surface area (Å²) in [5, 5.41) is 2.03. The van der Waals surface area contributed by atoms with Crippen LogP contribution >= 0.6 is 27.3 Å². The van der Waals surface area contributed by atoms with Gasteiger partial charge in [0.25, 0.3) is 0 Å². The molecule has 0 aliphatic rings. The molecule has 1 atom stereocenters. The molecule has 60 valence electrons. The number of halogens is 1. The summed E-state index contributed by atoms with van der Waals surface area (Å²) in [4.78, 5) is 1.20. The predicted molar refractivity (Wildman–Crippen MR) is 53.8 cm³/mol. The van der Waals surface area contributed by atoms with E-state index in [2.05, 4.69) is 22.5 Å². The number of hydrogen-bond donors (Lipinski definition) is 1. The smallest absolute Gasteiger partial charge is 0.0436 e. The Bertz CT molecular complexity index is 244. The lowest BCUT2D eigenvalue weighted by molar-refractivity contribution is 0.754. The summed E-state index contributed by atoms with van der Waals surface area (Å²) in [6.45, 7) is 3.65. The second kappa shape index (κ2) is 4.04. The second-order valence-corrected chi connectivity index (χ2v) is 4.07. The third kappa shape index (κ3) is 2.15. The van der Waals surface area contributed by atoms with Crippen molar-refractivity contribution in [2.45, 2.75) is 12.5 Å². The lowest BCUT2D eigenvalue weighted by Gasteiger charge is -2.05. The Morgan fingerprint density at radius 1 is 1.82 bits per heavy atom. The van der Waals surface area contributed by atoms with Crippen LogP contribution in [0.5, 0.6) is 0 Å². The zero-order chi connectivity index (χ0) is 8.27. The van der Waals surface area contributed by atoms with Crippen LogP contribution in [-0.4, -0.2) is 0 Å². The average Bonchev–Trinajstić information content (AvgIpc) is 2.36. The third-order valence-corrected chi connectivity index (χ3v) is 3.40. The van der Waals surface area contributed by atoms with Gasteiger partial charge in [-0.1, -0.05) is 6.08 Å². The predicted octanol–water partition coefficient (Wildman–Crippen LogP) is 3.09. The minimum absolute atomic E-state index is 0.0990. The van der Waals surface area contributed by atoms with Crippen molar-refractivity contribution in [3.63, 3.8) is 0 Å². The number of nitrogens with two attached hydrogens (primary N) is 1. The van der Waals surface area contributed by atoms with Crippen molar-refractivity contribution in [3.05, 3.63) is 33.5 Å². The van der Waals surface area contributed by atoms with E-state index in [4.69, 9.17) is 5.73 Å². The van der Waals surface area contributed by atoms with Gasteiger partial charge in [0.2, 0.25) is 0 Å². The first-order valence-corrected chi connectivity index (χ1v) is 5.02. The first-order valence-electron chi connectivity index (χ1n) is 3.35. The minimum atomic E-state index is 0.0990. The number of rotatable bonds is 3. The molecule has 1 nitrogen and oxygen atoms in total. The maximum absolute atomic E-state index is 5.86. The molecule has 0 radical (unpaired) electrons. The fourth-order valence-corrected chi connectivity index (χ4v) is 2.54. The Kier molecular flexibility index (Phi) is 3.30. The topological polar surface area (TPSA) is 26.0 Å². The standard InChI is InChI=1S/C8H10BrNS/c1-2-3-7(10)8-6(9)4-5-11-8/h2,4-5,7H,1,3,10H2/t7-/m0/s1. The van der Waals surface area contributed by atoms with E-state index in [0.717, 1.165) is 10.9 Å². The Hall–Kier alpha value is -0.120. The molecule has 0 aliphatic heterocycles. The monoisotopic (exact) mass is 231 g/mol. The van der Waals surface area contributed by atoms with E-state index in [1.54, 1.807) is 11.3 Å². The highest BCUT2D eigenvalue weighted by Gasteiger charge is 2.08. The van der Waals surface area contributed by atoms with E-state index in [-0.39, 0.29) is 6.04 Å². The first-order chi connectivity index (χ1) is 5.25. The van der Waals surface area contributed by atoms with E-state index in [1.165, 1.54) is 4.88 Å². The molecular weight excluding hydrogens is 222 g/mol. The van der Waals surface area contributed by atoms with Gasteiger partial charge in [-0.3, -0.25) is 0 Å². The molecule has 0 saturated heterocycles. The maximum atomic E-state index is 5.86. The molecule has 0 fully saturated rings. The van der Waals surface area contributed by atoms with E-state index < -0.39 is 0 Å². The molecule has 1 rings (SSSR count). The van der Waals surface area contributed by atoms with Gasteiger partial charge in [0, 0.05) is 15.4 Å². The third-order valence-electron chi connectivity index (χ3n) is 1.40. The molecule has 3 heteroatoms. The van der Waals surface area contributed by atoms with Crippen molar-refractivity contribution >= 4 is 27.3 Å². The second-order valence-electron chi connectivity index (χ2n) is 2.26. The molecule has 0 spiro atoms. The van der Waals surface area contributed by atoms with Crippen LogP contribution < -0.4 is 5.73 Å². The Morgan fingerprint density at radius 2 is 2.55 bits per heavy atom. The van der Waals surface area contributed by atoms with Crippen LogP contribution in [0.2, 0.25) is 0 Å². The highest BCUT2D eigenvalue weighted by Crippen LogP contribution is 2.29. The molecule has 1 heterocycles. The van der Waals surface area contributed by atoms with Crippen LogP contribution in [-0.2, 0) is 0 Å². The fourth-order valence-electron chi connectivity index (χ4n) is 0.857. The quantitative estimate of drug-likeness (QED) is 0.796. The van der Waals surface area contributed by atoms with Gasteiger partial charge in [0.15, 0.2) is 0 Å². The summed E-state index contributed by atoms with van der Waals surface area (Å²) in [5.74, 6) is 0. The zero-order valence-electron chi connectivity index (χ0n) is 6.09. The zero-order valence-corrected chi connectivity index (χ0v) is 8.49. The van der Waals surface area contributed by atoms with Gasteiger partial charge in [-0.05, 0) is 33.8 Å². The summed E-state index contributed by atoms with van der Waals surface area (Å²) in [6, 6.07) is 2.12.